The average Bonchev–Trinajstić information content (AvgIpc) is 2.72. The number of aliphatic hydroxyl groups excluding tert-OH is 4. The molecule has 1 saturated heterocycles. The standard InChI is InChI=1S/C20H22O8.Na/c21-9-15-16(22)17(23)18(24)20(28-15)27-10-11-2-1-3-14(8-11)12-4-6-13(7-5-12)19(25)26;/h1-8,15-18,20-24H,9-10H2,(H,25,26);/q;+1/p-1/t15-,16-,17+,18+,20+;/m1./s1. The zero-order valence-electron chi connectivity index (χ0n) is 15.8. The Bertz CT molecular complexity index is 810. The summed E-state index contributed by atoms with van der Waals surface area (Å²) >= 11 is 0. The fourth-order valence-electron chi connectivity index (χ4n) is 3.02. The second-order valence-corrected chi connectivity index (χ2v) is 6.57. The van der Waals surface area contributed by atoms with Crippen LogP contribution in [0.15, 0.2) is 48.5 Å². The summed E-state index contributed by atoms with van der Waals surface area (Å²) in [6, 6.07) is 13.5. The van der Waals surface area contributed by atoms with Gasteiger partial charge in [-0.2, -0.15) is 0 Å². The minimum absolute atomic E-state index is 0. The minimum Gasteiger partial charge on any atom is -0.545 e. The fourth-order valence-corrected chi connectivity index (χ4v) is 3.02. The summed E-state index contributed by atoms with van der Waals surface area (Å²) < 4.78 is 10.8. The van der Waals surface area contributed by atoms with Crippen LogP contribution in [0.3, 0.4) is 0 Å². The van der Waals surface area contributed by atoms with E-state index in [0.29, 0.717) is 0 Å². The van der Waals surface area contributed by atoms with E-state index in [1.54, 1.807) is 24.3 Å². The maximum Gasteiger partial charge on any atom is 1.00 e. The molecule has 0 saturated carbocycles. The van der Waals surface area contributed by atoms with Crippen molar-refractivity contribution in [2.75, 3.05) is 6.61 Å². The summed E-state index contributed by atoms with van der Waals surface area (Å²) in [7, 11) is 0. The topological polar surface area (TPSA) is 140 Å². The molecule has 3 rings (SSSR count). The monoisotopic (exact) mass is 412 g/mol. The molecule has 0 amide bonds. The molecule has 1 aliphatic rings. The molecule has 4 N–H and O–H groups in total. The molecule has 0 unspecified atom stereocenters. The molecule has 0 aliphatic carbocycles. The summed E-state index contributed by atoms with van der Waals surface area (Å²) in [5.41, 5.74) is 2.48. The Hall–Kier alpha value is -1.33. The predicted molar refractivity (Wildman–Crippen MR) is 94.8 cm³/mol. The van der Waals surface area contributed by atoms with Crippen molar-refractivity contribution in [1.82, 2.24) is 0 Å². The quantitative estimate of drug-likeness (QED) is 0.353. The third kappa shape index (κ3) is 5.64. The first-order valence-electron chi connectivity index (χ1n) is 8.73. The van der Waals surface area contributed by atoms with Crippen molar-refractivity contribution >= 4 is 5.97 Å². The van der Waals surface area contributed by atoms with E-state index >= 15 is 0 Å². The van der Waals surface area contributed by atoms with Gasteiger partial charge in [0.25, 0.3) is 0 Å². The van der Waals surface area contributed by atoms with Gasteiger partial charge in [-0.3, -0.25) is 0 Å². The molecule has 5 atom stereocenters. The van der Waals surface area contributed by atoms with E-state index in [4.69, 9.17) is 9.47 Å². The third-order valence-corrected chi connectivity index (χ3v) is 4.64. The number of aliphatic hydroxyl groups is 4. The summed E-state index contributed by atoms with van der Waals surface area (Å²) in [5.74, 6) is -1.24. The Morgan fingerprint density at radius 3 is 2.31 bits per heavy atom. The van der Waals surface area contributed by atoms with E-state index in [2.05, 4.69) is 0 Å². The van der Waals surface area contributed by atoms with Crippen LogP contribution in [0.4, 0.5) is 0 Å². The molecule has 0 spiro atoms. The number of hydrogen-bond acceptors (Lipinski definition) is 8. The molecular formula is C20H21NaO8. The molecule has 0 radical (unpaired) electrons. The average molecular weight is 412 g/mol. The Morgan fingerprint density at radius 1 is 1.00 bits per heavy atom. The van der Waals surface area contributed by atoms with Crippen molar-refractivity contribution in [2.45, 2.75) is 37.3 Å². The number of ether oxygens (including phenoxy) is 2. The molecule has 1 aliphatic heterocycles. The third-order valence-electron chi connectivity index (χ3n) is 4.64. The number of rotatable bonds is 6. The van der Waals surface area contributed by atoms with Gasteiger partial charge in [-0.05, 0) is 28.3 Å². The number of carbonyl (C=O) groups is 1. The van der Waals surface area contributed by atoms with E-state index in [1.807, 2.05) is 12.1 Å². The number of benzene rings is 2. The van der Waals surface area contributed by atoms with E-state index in [9.17, 15) is 30.3 Å². The van der Waals surface area contributed by atoms with E-state index < -0.39 is 43.3 Å². The van der Waals surface area contributed by atoms with Gasteiger partial charge in [-0.15, -0.1) is 0 Å². The van der Waals surface area contributed by atoms with Gasteiger partial charge < -0.3 is 39.8 Å². The molecule has 1 fully saturated rings. The molecule has 2 aromatic rings. The van der Waals surface area contributed by atoms with Crippen LogP contribution in [0.5, 0.6) is 0 Å². The second kappa shape index (κ2) is 10.6. The number of aromatic carboxylic acids is 1. The molecule has 29 heavy (non-hydrogen) atoms. The van der Waals surface area contributed by atoms with Gasteiger partial charge in [0.05, 0.1) is 19.2 Å². The zero-order chi connectivity index (χ0) is 20.3. The van der Waals surface area contributed by atoms with E-state index in [-0.39, 0.29) is 41.7 Å². The van der Waals surface area contributed by atoms with E-state index in [1.165, 1.54) is 12.1 Å². The van der Waals surface area contributed by atoms with Crippen LogP contribution in [0.1, 0.15) is 15.9 Å². The Kier molecular flexibility index (Phi) is 8.77. The first-order chi connectivity index (χ1) is 13.4. The fraction of sp³-hybridized carbons (Fsp3) is 0.350. The maximum atomic E-state index is 10.8. The molecule has 1 heterocycles. The van der Waals surface area contributed by atoms with Crippen molar-refractivity contribution < 1.29 is 69.4 Å². The molecule has 150 valence electrons. The van der Waals surface area contributed by atoms with Gasteiger partial charge in [0, 0.05) is 0 Å². The van der Waals surface area contributed by atoms with Gasteiger partial charge in [0.2, 0.25) is 0 Å². The first-order valence-corrected chi connectivity index (χ1v) is 8.73. The minimum atomic E-state index is -1.50. The normalized spacial score (nSPS) is 26.6. The van der Waals surface area contributed by atoms with Crippen LogP contribution in [-0.4, -0.2) is 63.7 Å². The number of hydrogen-bond donors (Lipinski definition) is 4. The molecule has 8 nitrogen and oxygen atoms in total. The maximum absolute atomic E-state index is 10.8. The van der Waals surface area contributed by atoms with Crippen LogP contribution in [-0.2, 0) is 16.1 Å². The Labute approximate surface area is 189 Å². The van der Waals surface area contributed by atoms with Gasteiger partial charge >= 0.3 is 29.6 Å². The van der Waals surface area contributed by atoms with Crippen LogP contribution in [0, 0.1) is 0 Å². The Balaban J connectivity index is 0.00000300. The zero-order valence-corrected chi connectivity index (χ0v) is 17.8. The smallest absolute Gasteiger partial charge is 0.545 e. The van der Waals surface area contributed by atoms with Gasteiger partial charge in [-0.1, -0.05) is 42.5 Å². The van der Waals surface area contributed by atoms with Crippen molar-refractivity contribution in [3.05, 3.63) is 59.7 Å². The molecule has 0 bridgehead atoms. The largest absolute Gasteiger partial charge is 1.00 e. The van der Waals surface area contributed by atoms with Crippen LogP contribution < -0.4 is 34.7 Å². The molecule has 9 heteroatoms. The number of carboxylic acids is 1. The van der Waals surface area contributed by atoms with E-state index in [0.717, 1.165) is 16.7 Å². The van der Waals surface area contributed by atoms with Crippen molar-refractivity contribution in [1.29, 1.82) is 0 Å². The summed E-state index contributed by atoms with van der Waals surface area (Å²) in [4.78, 5) is 10.8. The van der Waals surface area contributed by atoms with Gasteiger partial charge in [0.1, 0.15) is 24.4 Å². The number of carboxylic acid groups (broad SMARTS) is 1. The summed E-state index contributed by atoms with van der Waals surface area (Å²) in [6.45, 7) is -0.476. The van der Waals surface area contributed by atoms with Crippen molar-refractivity contribution in [2.24, 2.45) is 0 Å². The second-order valence-electron chi connectivity index (χ2n) is 6.57. The summed E-state index contributed by atoms with van der Waals surface area (Å²) in [5, 5.41) is 49.7. The molecule has 0 aromatic heterocycles. The SMILES string of the molecule is O=C([O-])c1ccc(-c2cccc(CO[C@H]3O[C@H](CO)[C@@H](O)[C@H](O)[C@@H]3O)c2)cc1.[Na+]. The Morgan fingerprint density at radius 2 is 1.69 bits per heavy atom. The van der Waals surface area contributed by atoms with Crippen LogP contribution >= 0.6 is 0 Å². The molecule has 2 aromatic carbocycles. The van der Waals surface area contributed by atoms with Crippen molar-refractivity contribution in [3.63, 3.8) is 0 Å². The van der Waals surface area contributed by atoms with Crippen LogP contribution in [0.2, 0.25) is 0 Å². The summed E-state index contributed by atoms with van der Waals surface area (Å²) in [6.07, 6.45) is -6.63. The molecular weight excluding hydrogens is 391 g/mol. The predicted octanol–water partition coefficient (Wildman–Crippen LogP) is -3.96. The number of carbonyl (C=O) groups excluding carboxylic acids is 1. The van der Waals surface area contributed by atoms with Crippen molar-refractivity contribution in [3.8, 4) is 11.1 Å². The van der Waals surface area contributed by atoms with Crippen LogP contribution in [0.25, 0.3) is 11.1 Å². The first kappa shape index (κ1) is 23.9. The van der Waals surface area contributed by atoms with Gasteiger partial charge in [0.15, 0.2) is 6.29 Å². The van der Waals surface area contributed by atoms with Gasteiger partial charge in [-0.25, -0.2) is 0 Å².